The van der Waals surface area contributed by atoms with Gasteiger partial charge in [-0.25, -0.2) is 9.38 Å². The van der Waals surface area contributed by atoms with Gasteiger partial charge in [0.05, 0.1) is 17.6 Å². The van der Waals surface area contributed by atoms with Gasteiger partial charge in [0.1, 0.15) is 6.07 Å². The predicted molar refractivity (Wildman–Crippen MR) is 78.8 cm³/mol. The molecule has 0 radical (unpaired) electrons. The molecule has 0 bridgehead atoms. The van der Waals surface area contributed by atoms with Crippen molar-refractivity contribution in [3.05, 3.63) is 23.8 Å². The van der Waals surface area contributed by atoms with E-state index >= 15 is 0 Å². The van der Waals surface area contributed by atoms with Crippen LogP contribution >= 0.6 is 8.25 Å². The highest BCUT2D eigenvalue weighted by atomic mass is 31.1. The first-order chi connectivity index (χ1) is 10.3. The topological polar surface area (TPSA) is 115 Å². The number of nitrogens with one attached hydrogen (secondary N) is 1. The average molecular weight is 328 g/mol. The molecule has 8 nitrogen and oxygen atoms in total. The van der Waals surface area contributed by atoms with Crippen LogP contribution in [0.4, 0.5) is 15.8 Å². The SMILES string of the molecule is CN(C)/C=N/c1ccc(NC(=O)C(F)O[PH](=O)O)cc1C#N. The molecule has 1 aromatic rings. The Hall–Kier alpha value is -2.27. The van der Waals surface area contributed by atoms with E-state index in [4.69, 9.17) is 10.2 Å². The van der Waals surface area contributed by atoms with Gasteiger partial charge in [0.15, 0.2) is 0 Å². The highest BCUT2D eigenvalue weighted by Gasteiger charge is 2.20. The summed E-state index contributed by atoms with van der Waals surface area (Å²) in [5.41, 5.74) is 0.680. The van der Waals surface area contributed by atoms with Crippen molar-refractivity contribution in [2.45, 2.75) is 6.36 Å². The third-order valence-corrected chi connectivity index (χ3v) is 2.63. The maximum Gasteiger partial charge on any atom is 0.319 e. The first-order valence-electron chi connectivity index (χ1n) is 5.92. The largest absolute Gasteiger partial charge is 0.369 e. The number of amides is 1. The molecule has 2 atom stereocenters. The summed E-state index contributed by atoms with van der Waals surface area (Å²) in [6.07, 6.45) is -1.08. The molecule has 2 unspecified atom stereocenters. The van der Waals surface area contributed by atoms with E-state index in [1.54, 1.807) is 19.0 Å². The average Bonchev–Trinajstić information content (AvgIpc) is 2.44. The lowest BCUT2D eigenvalue weighted by Gasteiger charge is -2.09. The Labute approximate surface area is 126 Å². The number of nitriles is 1. The molecule has 2 N–H and O–H groups in total. The van der Waals surface area contributed by atoms with Crippen LogP contribution in [0.1, 0.15) is 5.56 Å². The highest BCUT2D eigenvalue weighted by Crippen LogP contribution is 2.24. The number of halogens is 1. The Kier molecular flexibility index (Phi) is 6.66. The number of rotatable bonds is 6. The number of nitrogens with zero attached hydrogens (tertiary/aromatic N) is 3. The predicted octanol–water partition coefficient (Wildman–Crippen LogP) is 1.41. The monoisotopic (exact) mass is 328 g/mol. The van der Waals surface area contributed by atoms with E-state index < -0.39 is 20.5 Å². The van der Waals surface area contributed by atoms with Crippen LogP contribution in [-0.2, 0) is 13.9 Å². The molecule has 0 saturated carbocycles. The Morgan fingerprint density at radius 1 is 1.64 bits per heavy atom. The molecule has 0 aliphatic carbocycles. The lowest BCUT2D eigenvalue weighted by Crippen LogP contribution is -2.24. The second kappa shape index (κ2) is 8.24. The lowest BCUT2D eigenvalue weighted by atomic mass is 10.1. The summed E-state index contributed by atoms with van der Waals surface area (Å²) in [7, 11) is -0.0415. The van der Waals surface area contributed by atoms with Crippen LogP contribution in [0.2, 0.25) is 0 Å². The number of anilines is 1. The zero-order valence-electron chi connectivity index (χ0n) is 11.8. The molecule has 0 heterocycles. The maximum absolute atomic E-state index is 13.1. The number of carbonyl (C=O) groups excluding carboxylic acids is 1. The molecule has 0 aromatic heterocycles. The normalized spacial score (nSPS) is 13.4. The third-order valence-electron chi connectivity index (χ3n) is 2.22. The summed E-state index contributed by atoms with van der Waals surface area (Å²) in [6.45, 7) is 0. The number of alkyl halides is 1. The van der Waals surface area contributed by atoms with Gasteiger partial charge in [-0.15, -0.1) is 0 Å². The molecule has 0 fully saturated rings. The quantitative estimate of drug-likeness (QED) is 0.463. The van der Waals surface area contributed by atoms with Crippen molar-refractivity contribution in [1.82, 2.24) is 4.90 Å². The van der Waals surface area contributed by atoms with Crippen LogP contribution in [0.5, 0.6) is 0 Å². The molecule has 0 aliphatic heterocycles. The molecule has 1 amide bonds. The second-order valence-corrected chi connectivity index (χ2v) is 5.01. The lowest BCUT2D eigenvalue weighted by molar-refractivity contribution is -0.130. The summed E-state index contributed by atoms with van der Waals surface area (Å²) >= 11 is 0. The highest BCUT2D eigenvalue weighted by molar-refractivity contribution is 7.32. The van der Waals surface area contributed by atoms with Crippen LogP contribution in [0, 0.1) is 11.3 Å². The minimum atomic E-state index is -3.57. The van der Waals surface area contributed by atoms with Crippen molar-refractivity contribution >= 4 is 31.9 Å². The second-order valence-electron chi connectivity index (χ2n) is 4.24. The van der Waals surface area contributed by atoms with E-state index in [9.17, 15) is 13.8 Å². The number of hydrogen-bond acceptors (Lipinski definition) is 5. The molecular weight excluding hydrogens is 314 g/mol. The zero-order chi connectivity index (χ0) is 16.7. The van der Waals surface area contributed by atoms with Gasteiger partial charge in [0.25, 0.3) is 12.3 Å². The molecule has 22 heavy (non-hydrogen) atoms. The molecule has 118 valence electrons. The van der Waals surface area contributed by atoms with Crippen molar-refractivity contribution in [3.63, 3.8) is 0 Å². The van der Waals surface area contributed by atoms with Gasteiger partial charge in [-0.2, -0.15) is 5.26 Å². The van der Waals surface area contributed by atoms with Crippen molar-refractivity contribution in [1.29, 1.82) is 5.26 Å². The van der Waals surface area contributed by atoms with Crippen molar-refractivity contribution in [3.8, 4) is 6.07 Å². The van der Waals surface area contributed by atoms with Crippen LogP contribution in [0.15, 0.2) is 23.2 Å². The Morgan fingerprint density at radius 2 is 2.32 bits per heavy atom. The van der Waals surface area contributed by atoms with Gasteiger partial charge < -0.3 is 15.1 Å². The van der Waals surface area contributed by atoms with Crippen LogP contribution < -0.4 is 5.32 Å². The molecule has 0 saturated heterocycles. The van der Waals surface area contributed by atoms with E-state index in [0.717, 1.165) is 0 Å². The van der Waals surface area contributed by atoms with E-state index in [1.165, 1.54) is 24.5 Å². The van der Waals surface area contributed by atoms with Gasteiger partial charge in [0.2, 0.25) is 0 Å². The minimum absolute atomic E-state index is 0.134. The van der Waals surface area contributed by atoms with Gasteiger partial charge in [-0.1, -0.05) is 0 Å². The van der Waals surface area contributed by atoms with Crippen LogP contribution in [-0.4, -0.2) is 42.5 Å². The smallest absolute Gasteiger partial charge is 0.319 e. The zero-order valence-corrected chi connectivity index (χ0v) is 12.8. The first kappa shape index (κ1) is 17.8. The Morgan fingerprint density at radius 3 is 2.86 bits per heavy atom. The Balaban J connectivity index is 2.88. The molecular formula is C12H14FN4O4P. The minimum Gasteiger partial charge on any atom is -0.369 e. The van der Waals surface area contributed by atoms with E-state index in [0.29, 0.717) is 5.69 Å². The summed E-state index contributed by atoms with van der Waals surface area (Å²) in [6, 6.07) is 6.08. The van der Waals surface area contributed by atoms with E-state index in [2.05, 4.69) is 14.8 Å². The fourth-order valence-corrected chi connectivity index (χ4v) is 1.62. The van der Waals surface area contributed by atoms with Crippen molar-refractivity contribution in [2.75, 3.05) is 19.4 Å². The molecule has 10 heteroatoms. The van der Waals surface area contributed by atoms with Gasteiger partial charge in [0, 0.05) is 19.8 Å². The number of aliphatic imine (C=N–C) groups is 1. The standard InChI is InChI=1S/C12H14FN4O4P/c1-17(2)7-15-10-4-3-9(5-8(10)6-14)16-12(18)11(13)21-22(19)20/h3-5,7,11,22H,1-2H3,(H,16,18)(H,19,20)/b15-7+. The molecule has 1 aromatic carbocycles. The summed E-state index contributed by atoms with van der Waals surface area (Å²) in [5.74, 6) is -1.25. The summed E-state index contributed by atoms with van der Waals surface area (Å²) in [5, 5.41) is 11.2. The number of hydrogen-bond donors (Lipinski definition) is 2. The summed E-state index contributed by atoms with van der Waals surface area (Å²) < 4.78 is 27.3. The molecule has 1 rings (SSSR count). The first-order valence-corrected chi connectivity index (χ1v) is 7.19. The molecule has 0 aliphatic rings. The van der Waals surface area contributed by atoms with E-state index in [1.807, 2.05) is 6.07 Å². The van der Waals surface area contributed by atoms with E-state index in [-0.39, 0.29) is 11.3 Å². The van der Waals surface area contributed by atoms with Crippen molar-refractivity contribution < 1.29 is 23.2 Å². The maximum atomic E-state index is 13.1. The fourth-order valence-electron chi connectivity index (χ4n) is 1.33. The van der Waals surface area contributed by atoms with Crippen molar-refractivity contribution in [2.24, 2.45) is 4.99 Å². The number of benzene rings is 1. The molecule has 0 spiro atoms. The van der Waals surface area contributed by atoms with Gasteiger partial charge >= 0.3 is 8.25 Å². The summed E-state index contributed by atoms with van der Waals surface area (Å²) in [4.78, 5) is 25.5. The van der Waals surface area contributed by atoms with Gasteiger partial charge in [-0.05, 0) is 18.2 Å². The van der Waals surface area contributed by atoms with Crippen LogP contribution in [0.3, 0.4) is 0 Å². The third kappa shape index (κ3) is 5.61. The Bertz CT molecular complexity index is 645. The number of carbonyl (C=O) groups is 1. The van der Waals surface area contributed by atoms with Crippen LogP contribution in [0.25, 0.3) is 0 Å². The fraction of sp³-hybridized carbons (Fsp3) is 0.250. The van der Waals surface area contributed by atoms with Gasteiger partial charge in [-0.3, -0.25) is 13.9 Å².